The second-order valence-electron chi connectivity index (χ2n) is 5.07. The Morgan fingerprint density at radius 2 is 1.84 bits per heavy atom. The van der Waals surface area contributed by atoms with Gasteiger partial charge in [-0.1, -0.05) is 6.07 Å². The van der Waals surface area contributed by atoms with E-state index in [0.717, 1.165) is 18.2 Å². The van der Waals surface area contributed by atoms with Gasteiger partial charge < -0.3 is 10.1 Å². The molecular weight excluding hydrogens is 364 g/mol. The molecule has 10 heteroatoms. The van der Waals surface area contributed by atoms with Crippen molar-refractivity contribution in [1.82, 2.24) is 0 Å². The van der Waals surface area contributed by atoms with Gasteiger partial charge in [0.2, 0.25) is 10.0 Å². The predicted octanol–water partition coefficient (Wildman–Crippen LogP) is 3.11. The molecule has 0 amide bonds. The molecule has 25 heavy (non-hydrogen) atoms. The van der Waals surface area contributed by atoms with Crippen molar-refractivity contribution in [3.05, 3.63) is 53.3 Å². The highest BCUT2D eigenvalue weighted by Crippen LogP contribution is 2.36. The van der Waals surface area contributed by atoms with E-state index in [9.17, 15) is 26.0 Å². The van der Waals surface area contributed by atoms with Crippen molar-refractivity contribution in [3.63, 3.8) is 0 Å². The summed E-state index contributed by atoms with van der Waals surface area (Å²) >= 11 is 0. The van der Waals surface area contributed by atoms with E-state index in [1.165, 1.54) is 19.2 Å². The number of hydrogen-bond acceptors (Lipinski definition) is 4. The molecule has 0 fully saturated rings. The van der Waals surface area contributed by atoms with Gasteiger partial charge in [-0.3, -0.25) is 0 Å². The Morgan fingerprint density at radius 3 is 2.36 bits per heavy atom. The van der Waals surface area contributed by atoms with Gasteiger partial charge in [0.25, 0.3) is 0 Å². The number of benzene rings is 2. The van der Waals surface area contributed by atoms with Crippen LogP contribution in [0.1, 0.15) is 11.1 Å². The lowest BCUT2D eigenvalue weighted by molar-refractivity contribution is -0.137. The summed E-state index contributed by atoms with van der Waals surface area (Å²) in [5.41, 5.74) is -1.16. The summed E-state index contributed by atoms with van der Waals surface area (Å²) in [6, 6.07) is 6.33. The average molecular weight is 378 g/mol. The van der Waals surface area contributed by atoms with Crippen molar-refractivity contribution in [2.75, 3.05) is 12.4 Å². The second-order valence-corrected chi connectivity index (χ2v) is 6.63. The van der Waals surface area contributed by atoms with Gasteiger partial charge in [0, 0.05) is 12.2 Å². The maximum absolute atomic E-state index is 13.6. The van der Waals surface area contributed by atoms with Crippen LogP contribution < -0.4 is 15.2 Å². The lowest BCUT2D eigenvalue weighted by Crippen LogP contribution is -2.16. The molecule has 5 nitrogen and oxygen atoms in total. The van der Waals surface area contributed by atoms with E-state index >= 15 is 0 Å². The number of anilines is 1. The van der Waals surface area contributed by atoms with Crippen LogP contribution in [-0.4, -0.2) is 15.5 Å². The lowest BCUT2D eigenvalue weighted by Gasteiger charge is -2.16. The molecular formula is C15H14F4N2O3S. The van der Waals surface area contributed by atoms with Gasteiger partial charge in [0.05, 0.1) is 17.6 Å². The molecule has 0 atom stereocenters. The Labute approximate surface area is 141 Å². The Hall–Kier alpha value is -2.33. The summed E-state index contributed by atoms with van der Waals surface area (Å²) in [5.74, 6) is -0.639. The van der Waals surface area contributed by atoms with Crippen LogP contribution in [0.5, 0.6) is 5.75 Å². The molecule has 0 saturated heterocycles. The molecule has 0 unspecified atom stereocenters. The van der Waals surface area contributed by atoms with Crippen molar-refractivity contribution in [3.8, 4) is 5.75 Å². The van der Waals surface area contributed by atoms with Crippen LogP contribution >= 0.6 is 0 Å². The number of methoxy groups -OCH3 is 1. The van der Waals surface area contributed by atoms with E-state index in [0.29, 0.717) is 11.6 Å². The normalized spacial score (nSPS) is 12.1. The molecule has 3 N–H and O–H groups in total. The fourth-order valence-corrected chi connectivity index (χ4v) is 2.65. The highest BCUT2D eigenvalue weighted by molar-refractivity contribution is 7.89. The highest BCUT2D eigenvalue weighted by atomic mass is 32.2. The van der Waals surface area contributed by atoms with Gasteiger partial charge in [-0.05, 0) is 35.9 Å². The smallest absolute Gasteiger partial charge is 0.418 e. The largest absolute Gasteiger partial charge is 0.494 e. The van der Waals surface area contributed by atoms with Crippen LogP contribution in [0, 0.1) is 5.82 Å². The first-order valence-electron chi connectivity index (χ1n) is 6.82. The maximum atomic E-state index is 13.6. The summed E-state index contributed by atoms with van der Waals surface area (Å²) in [5, 5.41) is 7.38. The first-order chi connectivity index (χ1) is 11.5. The number of rotatable bonds is 5. The minimum Gasteiger partial charge on any atom is -0.494 e. The van der Waals surface area contributed by atoms with Crippen LogP contribution in [-0.2, 0) is 22.7 Å². The fourth-order valence-electron chi connectivity index (χ4n) is 2.11. The van der Waals surface area contributed by atoms with Crippen LogP contribution in [0.3, 0.4) is 0 Å². The molecule has 0 aliphatic rings. The molecule has 0 heterocycles. The van der Waals surface area contributed by atoms with Crippen molar-refractivity contribution in [2.24, 2.45) is 5.14 Å². The quantitative estimate of drug-likeness (QED) is 0.784. The zero-order valence-electron chi connectivity index (χ0n) is 12.9. The van der Waals surface area contributed by atoms with E-state index < -0.39 is 32.5 Å². The number of nitrogens with two attached hydrogens (primary N) is 1. The van der Waals surface area contributed by atoms with Gasteiger partial charge in [-0.2, -0.15) is 13.2 Å². The second kappa shape index (κ2) is 6.89. The minimum atomic E-state index is -4.80. The summed E-state index contributed by atoms with van der Waals surface area (Å²) in [6.07, 6.45) is -4.80. The van der Waals surface area contributed by atoms with Crippen molar-refractivity contribution in [1.29, 1.82) is 0 Å². The van der Waals surface area contributed by atoms with Crippen LogP contribution in [0.25, 0.3) is 0 Å². The molecule has 2 rings (SSSR count). The molecule has 2 aromatic rings. The lowest BCUT2D eigenvalue weighted by atomic mass is 10.1. The van der Waals surface area contributed by atoms with Crippen molar-refractivity contribution in [2.45, 2.75) is 17.6 Å². The Balaban J connectivity index is 2.31. The summed E-state index contributed by atoms with van der Waals surface area (Å²) < 4.78 is 80.3. The molecule has 0 aliphatic heterocycles. The van der Waals surface area contributed by atoms with Gasteiger partial charge in [-0.25, -0.2) is 17.9 Å². The van der Waals surface area contributed by atoms with E-state index in [2.05, 4.69) is 5.32 Å². The molecule has 136 valence electrons. The maximum Gasteiger partial charge on any atom is 0.418 e. The van der Waals surface area contributed by atoms with E-state index in [4.69, 9.17) is 9.88 Å². The van der Waals surface area contributed by atoms with Gasteiger partial charge in [-0.15, -0.1) is 0 Å². The van der Waals surface area contributed by atoms with Gasteiger partial charge in [0.15, 0.2) is 11.6 Å². The zero-order valence-corrected chi connectivity index (χ0v) is 13.7. The Morgan fingerprint density at radius 1 is 1.16 bits per heavy atom. The standard InChI is InChI=1S/C15H14F4N2O3S/c1-24-14-5-2-9(6-12(14)16)8-21-13-4-3-10(25(20,22)23)7-11(13)15(17,18)19/h2-7,21H,8H2,1H3,(H2,20,22,23). The number of sulfonamides is 1. The summed E-state index contributed by atoms with van der Waals surface area (Å²) in [6.45, 7) is -0.112. The molecule has 0 aliphatic carbocycles. The van der Waals surface area contributed by atoms with Crippen LogP contribution in [0.2, 0.25) is 0 Å². The first-order valence-corrected chi connectivity index (χ1v) is 8.37. The first kappa shape index (κ1) is 19.0. The average Bonchev–Trinajstić information content (AvgIpc) is 2.51. The SMILES string of the molecule is COc1ccc(CNc2ccc(S(N)(=O)=O)cc2C(F)(F)F)cc1F. The molecule has 0 bridgehead atoms. The van der Waals surface area contributed by atoms with E-state index in [1.807, 2.05) is 0 Å². The molecule has 0 spiro atoms. The fraction of sp³-hybridized carbons (Fsp3) is 0.200. The topological polar surface area (TPSA) is 81.4 Å². The summed E-state index contributed by atoms with van der Waals surface area (Å²) in [7, 11) is -2.98. The Bertz CT molecular complexity index is 883. The third-order valence-corrected chi connectivity index (χ3v) is 4.24. The molecule has 0 radical (unpaired) electrons. The Kier molecular flexibility index (Phi) is 5.23. The van der Waals surface area contributed by atoms with Crippen molar-refractivity contribution < 1.29 is 30.7 Å². The molecule has 0 aromatic heterocycles. The number of hydrogen-bond donors (Lipinski definition) is 2. The van der Waals surface area contributed by atoms with Crippen LogP contribution in [0.15, 0.2) is 41.3 Å². The van der Waals surface area contributed by atoms with Crippen LogP contribution in [0.4, 0.5) is 23.2 Å². The minimum absolute atomic E-state index is 0.0113. The van der Waals surface area contributed by atoms with Gasteiger partial charge >= 0.3 is 6.18 Å². The number of alkyl halides is 3. The summed E-state index contributed by atoms with van der Waals surface area (Å²) in [4.78, 5) is -0.652. The molecule has 2 aromatic carbocycles. The monoisotopic (exact) mass is 378 g/mol. The number of nitrogens with one attached hydrogen (secondary N) is 1. The number of ether oxygens (including phenoxy) is 1. The van der Waals surface area contributed by atoms with E-state index in [1.54, 1.807) is 0 Å². The number of halogens is 4. The van der Waals surface area contributed by atoms with Gasteiger partial charge in [0.1, 0.15) is 0 Å². The third kappa shape index (κ3) is 4.60. The highest BCUT2D eigenvalue weighted by Gasteiger charge is 2.34. The zero-order chi connectivity index (χ0) is 18.8. The van der Waals surface area contributed by atoms with E-state index in [-0.39, 0.29) is 18.0 Å². The predicted molar refractivity (Wildman–Crippen MR) is 83.1 cm³/mol. The number of primary sulfonamides is 1. The third-order valence-electron chi connectivity index (χ3n) is 3.32. The van der Waals surface area contributed by atoms with Crippen molar-refractivity contribution >= 4 is 15.7 Å². The molecule has 0 saturated carbocycles.